The van der Waals surface area contributed by atoms with Crippen LogP contribution in [0.3, 0.4) is 0 Å². The molecule has 0 saturated heterocycles. The van der Waals surface area contributed by atoms with E-state index in [9.17, 15) is 4.39 Å². The molecule has 4 nitrogen and oxygen atoms in total. The Morgan fingerprint density at radius 2 is 2.10 bits per heavy atom. The van der Waals surface area contributed by atoms with Crippen molar-refractivity contribution in [1.82, 2.24) is 10.6 Å². The minimum absolute atomic E-state index is 0. The summed E-state index contributed by atoms with van der Waals surface area (Å²) in [6.45, 7) is 6.10. The molecule has 0 spiro atoms. The molecule has 120 valence electrons. The maximum Gasteiger partial charge on any atom is 0.191 e. The van der Waals surface area contributed by atoms with E-state index in [0.29, 0.717) is 12.5 Å². The first kappa shape index (κ1) is 20.1. The van der Waals surface area contributed by atoms with E-state index in [4.69, 9.17) is 4.74 Å². The molecule has 0 amide bonds. The molecule has 0 radical (unpaired) electrons. The summed E-state index contributed by atoms with van der Waals surface area (Å²) in [5.41, 5.74) is 0.885. The van der Waals surface area contributed by atoms with Crippen molar-refractivity contribution in [2.75, 3.05) is 20.2 Å². The molecule has 0 aliphatic rings. The van der Waals surface area contributed by atoms with Gasteiger partial charge in [0.05, 0.1) is 6.10 Å². The van der Waals surface area contributed by atoms with E-state index in [1.54, 1.807) is 13.1 Å². The monoisotopic (exact) mass is 409 g/mol. The largest absolute Gasteiger partial charge is 0.379 e. The first-order valence-corrected chi connectivity index (χ1v) is 6.92. The van der Waals surface area contributed by atoms with E-state index in [-0.39, 0.29) is 35.9 Å². The lowest BCUT2D eigenvalue weighted by Gasteiger charge is -2.12. The van der Waals surface area contributed by atoms with Gasteiger partial charge >= 0.3 is 0 Å². The molecule has 1 aromatic rings. The van der Waals surface area contributed by atoms with E-state index >= 15 is 0 Å². The number of hydrogen-bond donors (Lipinski definition) is 2. The first-order valence-electron chi connectivity index (χ1n) is 6.92. The van der Waals surface area contributed by atoms with E-state index in [1.807, 2.05) is 19.9 Å². The van der Waals surface area contributed by atoms with Gasteiger partial charge in [-0.05, 0) is 38.0 Å². The molecular formula is C15H25FIN3O. The number of halogens is 2. The molecule has 2 N–H and O–H groups in total. The fraction of sp³-hybridized carbons (Fsp3) is 0.533. The lowest BCUT2D eigenvalue weighted by Crippen LogP contribution is -2.37. The van der Waals surface area contributed by atoms with Gasteiger partial charge in [-0.3, -0.25) is 4.99 Å². The summed E-state index contributed by atoms with van der Waals surface area (Å²) in [6, 6.07) is 6.52. The highest BCUT2D eigenvalue weighted by Gasteiger charge is 1.99. The third kappa shape index (κ3) is 9.62. The Morgan fingerprint density at radius 1 is 1.33 bits per heavy atom. The van der Waals surface area contributed by atoms with Crippen molar-refractivity contribution in [3.05, 3.63) is 35.6 Å². The van der Waals surface area contributed by atoms with Gasteiger partial charge in [-0.25, -0.2) is 4.39 Å². The Balaban J connectivity index is 0.00000400. The summed E-state index contributed by atoms with van der Waals surface area (Å²) >= 11 is 0. The maximum atomic E-state index is 13.0. The first-order chi connectivity index (χ1) is 9.61. The third-order valence-corrected chi connectivity index (χ3v) is 2.64. The number of hydrogen-bond acceptors (Lipinski definition) is 2. The Morgan fingerprint density at radius 3 is 2.71 bits per heavy atom. The predicted molar refractivity (Wildman–Crippen MR) is 95.7 cm³/mol. The van der Waals surface area contributed by atoms with Crippen LogP contribution in [0.25, 0.3) is 0 Å². The quantitative estimate of drug-likeness (QED) is 0.315. The van der Waals surface area contributed by atoms with Crippen molar-refractivity contribution < 1.29 is 9.13 Å². The number of aliphatic imine (C=N–C) groups is 1. The van der Waals surface area contributed by atoms with Crippen molar-refractivity contribution in [3.63, 3.8) is 0 Å². The van der Waals surface area contributed by atoms with Gasteiger partial charge in [0.15, 0.2) is 5.96 Å². The lowest BCUT2D eigenvalue weighted by atomic mass is 10.2. The molecule has 1 rings (SSSR count). The highest BCUT2D eigenvalue weighted by atomic mass is 127. The average Bonchev–Trinajstić information content (AvgIpc) is 2.41. The van der Waals surface area contributed by atoms with E-state index < -0.39 is 0 Å². The molecular weight excluding hydrogens is 384 g/mol. The molecule has 0 unspecified atom stereocenters. The van der Waals surface area contributed by atoms with Crippen molar-refractivity contribution in [3.8, 4) is 0 Å². The van der Waals surface area contributed by atoms with Crippen LogP contribution >= 0.6 is 24.0 Å². The van der Waals surface area contributed by atoms with Crippen LogP contribution in [0.1, 0.15) is 25.8 Å². The summed E-state index contributed by atoms with van der Waals surface area (Å²) in [7, 11) is 1.71. The van der Waals surface area contributed by atoms with E-state index in [2.05, 4.69) is 15.6 Å². The molecule has 0 aromatic heterocycles. The van der Waals surface area contributed by atoms with Gasteiger partial charge in [0.1, 0.15) is 5.82 Å². The van der Waals surface area contributed by atoms with Crippen LogP contribution in [0.4, 0.5) is 4.39 Å². The minimum atomic E-state index is -0.224. The summed E-state index contributed by atoms with van der Waals surface area (Å²) in [5, 5.41) is 6.34. The second-order valence-corrected chi connectivity index (χ2v) is 4.76. The topological polar surface area (TPSA) is 45.7 Å². The van der Waals surface area contributed by atoms with Crippen LogP contribution in [0.5, 0.6) is 0 Å². The van der Waals surface area contributed by atoms with Crippen LogP contribution in [0.2, 0.25) is 0 Å². The molecule has 0 bridgehead atoms. The van der Waals surface area contributed by atoms with Gasteiger partial charge in [-0.2, -0.15) is 0 Å². The number of ether oxygens (including phenoxy) is 1. The van der Waals surface area contributed by atoms with Crippen molar-refractivity contribution in [2.45, 2.75) is 32.9 Å². The van der Waals surface area contributed by atoms with Gasteiger partial charge < -0.3 is 15.4 Å². The molecule has 0 fully saturated rings. The molecule has 6 heteroatoms. The zero-order valence-electron chi connectivity index (χ0n) is 12.9. The van der Waals surface area contributed by atoms with E-state index in [1.165, 1.54) is 12.1 Å². The summed E-state index contributed by atoms with van der Waals surface area (Å²) in [6.07, 6.45) is 1.18. The van der Waals surface area contributed by atoms with Crippen LogP contribution < -0.4 is 10.6 Å². The second kappa shape index (κ2) is 11.7. The number of rotatable bonds is 7. The normalized spacial score (nSPS) is 11.2. The average molecular weight is 409 g/mol. The summed E-state index contributed by atoms with van der Waals surface area (Å²) in [4.78, 5) is 4.12. The Kier molecular flexibility index (Phi) is 11.2. The van der Waals surface area contributed by atoms with E-state index in [0.717, 1.165) is 25.1 Å². The second-order valence-electron chi connectivity index (χ2n) is 4.76. The van der Waals surface area contributed by atoms with Crippen molar-refractivity contribution in [1.29, 1.82) is 0 Å². The molecule has 0 atom stereocenters. The zero-order valence-corrected chi connectivity index (χ0v) is 15.2. The van der Waals surface area contributed by atoms with Crippen LogP contribution in [0, 0.1) is 5.82 Å². The highest BCUT2D eigenvalue weighted by Crippen LogP contribution is 2.02. The van der Waals surface area contributed by atoms with Gasteiger partial charge in [0, 0.05) is 26.7 Å². The Labute approximate surface area is 143 Å². The van der Waals surface area contributed by atoms with Crippen LogP contribution in [0.15, 0.2) is 29.3 Å². The van der Waals surface area contributed by atoms with Gasteiger partial charge in [-0.1, -0.05) is 12.1 Å². The van der Waals surface area contributed by atoms with Gasteiger partial charge in [0.2, 0.25) is 0 Å². The Hall–Kier alpha value is -0.890. The maximum absolute atomic E-state index is 13.0. The Bertz CT molecular complexity index is 427. The van der Waals surface area contributed by atoms with Crippen LogP contribution in [-0.2, 0) is 11.3 Å². The zero-order chi connectivity index (χ0) is 14.8. The van der Waals surface area contributed by atoms with Crippen molar-refractivity contribution >= 4 is 29.9 Å². The number of nitrogens with one attached hydrogen (secondary N) is 2. The number of benzene rings is 1. The third-order valence-electron chi connectivity index (χ3n) is 2.64. The molecule has 21 heavy (non-hydrogen) atoms. The lowest BCUT2D eigenvalue weighted by molar-refractivity contribution is 0.0776. The highest BCUT2D eigenvalue weighted by molar-refractivity contribution is 14.0. The molecule has 0 saturated carbocycles. The standard InChI is InChI=1S/C15H24FN3O.HI/c1-12(2)20-9-5-8-18-15(17-3)19-11-13-6-4-7-14(16)10-13;/h4,6-7,10,12H,5,8-9,11H2,1-3H3,(H2,17,18,19);1H. The molecule has 0 heterocycles. The smallest absolute Gasteiger partial charge is 0.191 e. The fourth-order valence-corrected chi connectivity index (χ4v) is 1.65. The molecule has 0 aliphatic heterocycles. The summed E-state index contributed by atoms with van der Waals surface area (Å²) in [5.74, 6) is 0.483. The summed E-state index contributed by atoms with van der Waals surface area (Å²) < 4.78 is 18.5. The molecule has 0 aliphatic carbocycles. The number of guanidine groups is 1. The molecule has 1 aromatic carbocycles. The number of nitrogens with zero attached hydrogens (tertiary/aromatic N) is 1. The van der Waals surface area contributed by atoms with Gasteiger partial charge in [0.25, 0.3) is 0 Å². The minimum Gasteiger partial charge on any atom is -0.379 e. The van der Waals surface area contributed by atoms with Gasteiger partial charge in [-0.15, -0.1) is 24.0 Å². The fourth-order valence-electron chi connectivity index (χ4n) is 1.65. The SMILES string of the molecule is CN=C(NCCCOC(C)C)NCc1cccc(F)c1.I. The van der Waals surface area contributed by atoms with Crippen LogP contribution in [-0.4, -0.2) is 32.3 Å². The predicted octanol–water partition coefficient (Wildman–Crippen LogP) is 2.92. The van der Waals surface area contributed by atoms with Crippen molar-refractivity contribution in [2.24, 2.45) is 4.99 Å².